The molecule has 0 spiro atoms. The molecule has 0 radical (unpaired) electrons. The molecule has 0 bridgehead atoms. The normalized spacial score (nSPS) is 11.5. The Hall–Kier alpha value is -1.91. The third kappa shape index (κ3) is 4.39. The molecule has 2 aromatic carbocycles. The molecular formula is C20H18Cl2N2O. The maximum atomic E-state index is 11.4. The first-order chi connectivity index (χ1) is 12.1. The number of benzene rings is 2. The summed E-state index contributed by atoms with van der Waals surface area (Å²) in [6, 6.07) is 20.2. The van der Waals surface area contributed by atoms with Gasteiger partial charge in [0.05, 0.1) is 5.69 Å². The van der Waals surface area contributed by atoms with Crippen molar-refractivity contribution in [1.82, 2.24) is 10.3 Å². The van der Waals surface area contributed by atoms with E-state index in [1.54, 1.807) is 30.5 Å². The molecule has 2 N–H and O–H groups in total. The number of rotatable bonds is 6. The van der Waals surface area contributed by atoms with Crippen LogP contribution in [0.5, 0.6) is 0 Å². The van der Waals surface area contributed by atoms with Gasteiger partial charge < -0.3 is 10.4 Å². The second kappa shape index (κ2) is 7.98. The molecule has 0 aliphatic rings. The number of pyridine rings is 1. The van der Waals surface area contributed by atoms with Crippen molar-refractivity contribution in [3.05, 3.63) is 99.8 Å². The fourth-order valence-corrected chi connectivity index (χ4v) is 2.95. The maximum Gasteiger partial charge on any atom is 0.127 e. The smallest absolute Gasteiger partial charge is 0.127 e. The Balaban J connectivity index is 1.86. The average Bonchev–Trinajstić information content (AvgIpc) is 2.63. The maximum absolute atomic E-state index is 11.4. The number of halogens is 2. The van der Waals surface area contributed by atoms with Gasteiger partial charge in [0.25, 0.3) is 0 Å². The van der Waals surface area contributed by atoms with Crippen LogP contribution in [0.3, 0.4) is 0 Å². The van der Waals surface area contributed by atoms with Crippen LogP contribution in [0.4, 0.5) is 0 Å². The molecule has 3 nitrogen and oxygen atoms in total. The zero-order valence-corrected chi connectivity index (χ0v) is 15.0. The highest BCUT2D eigenvalue weighted by atomic mass is 35.5. The number of nitrogens with one attached hydrogen (secondary N) is 1. The van der Waals surface area contributed by atoms with E-state index in [0.717, 1.165) is 16.8 Å². The Kier molecular flexibility index (Phi) is 5.71. The molecule has 0 atom stereocenters. The van der Waals surface area contributed by atoms with Crippen LogP contribution >= 0.6 is 23.2 Å². The van der Waals surface area contributed by atoms with Crippen molar-refractivity contribution in [1.29, 1.82) is 0 Å². The number of nitrogens with zero attached hydrogens (tertiary/aromatic N) is 1. The van der Waals surface area contributed by atoms with Gasteiger partial charge in [-0.15, -0.1) is 0 Å². The first kappa shape index (κ1) is 17.9. The second-order valence-electron chi connectivity index (χ2n) is 5.80. The van der Waals surface area contributed by atoms with Gasteiger partial charge in [-0.05, 0) is 47.5 Å². The minimum Gasteiger partial charge on any atom is -0.379 e. The van der Waals surface area contributed by atoms with Gasteiger partial charge in [-0.3, -0.25) is 4.98 Å². The summed E-state index contributed by atoms with van der Waals surface area (Å²) in [4.78, 5) is 4.29. The summed E-state index contributed by atoms with van der Waals surface area (Å²) in [7, 11) is 0. The van der Waals surface area contributed by atoms with Crippen LogP contribution in [-0.4, -0.2) is 16.6 Å². The Labute approximate surface area is 157 Å². The van der Waals surface area contributed by atoms with Crippen molar-refractivity contribution in [2.75, 3.05) is 6.54 Å². The predicted molar refractivity (Wildman–Crippen MR) is 102 cm³/mol. The van der Waals surface area contributed by atoms with Gasteiger partial charge in [-0.25, -0.2) is 0 Å². The minimum absolute atomic E-state index is 0.326. The summed E-state index contributed by atoms with van der Waals surface area (Å²) >= 11 is 12.0. The summed E-state index contributed by atoms with van der Waals surface area (Å²) in [6.07, 6.45) is 1.75. The third-order valence-corrected chi connectivity index (χ3v) is 4.56. The van der Waals surface area contributed by atoms with Gasteiger partial charge in [-0.2, -0.15) is 0 Å². The quantitative estimate of drug-likeness (QED) is 0.673. The summed E-state index contributed by atoms with van der Waals surface area (Å²) in [5.74, 6) is 0. The fraction of sp³-hybridized carbons (Fsp3) is 0.150. The number of hydrogen-bond donors (Lipinski definition) is 2. The summed E-state index contributed by atoms with van der Waals surface area (Å²) in [5, 5.41) is 16.0. The van der Waals surface area contributed by atoms with E-state index in [0.29, 0.717) is 23.1 Å². The van der Waals surface area contributed by atoms with Gasteiger partial charge >= 0.3 is 0 Å². The zero-order chi connectivity index (χ0) is 17.7. The average molecular weight is 373 g/mol. The summed E-state index contributed by atoms with van der Waals surface area (Å²) in [5.41, 5.74) is 1.22. The monoisotopic (exact) mass is 372 g/mol. The molecule has 0 unspecified atom stereocenters. The molecule has 0 amide bonds. The fourth-order valence-electron chi connectivity index (χ4n) is 2.70. The highest BCUT2D eigenvalue weighted by molar-refractivity contribution is 6.30. The number of aromatic nitrogens is 1. The van der Waals surface area contributed by atoms with Crippen molar-refractivity contribution in [2.45, 2.75) is 12.1 Å². The van der Waals surface area contributed by atoms with Crippen molar-refractivity contribution in [2.24, 2.45) is 0 Å². The van der Waals surface area contributed by atoms with E-state index in [1.165, 1.54) is 0 Å². The molecule has 5 heteroatoms. The molecular weight excluding hydrogens is 355 g/mol. The summed E-state index contributed by atoms with van der Waals surface area (Å²) < 4.78 is 0. The van der Waals surface area contributed by atoms with Gasteiger partial charge in [0.1, 0.15) is 5.60 Å². The van der Waals surface area contributed by atoms with Crippen LogP contribution in [0.2, 0.25) is 10.0 Å². The van der Waals surface area contributed by atoms with Crippen LogP contribution in [0.1, 0.15) is 16.8 Å². The van der Waals surface area contributed by atoms with Gasteiger partial charge in [-0.1, -0.05) is 53.5 Å². The van der Waals surface area contributed by atoms with E-state index in [4.69, 9.17) is 23.2 Å². The van der Waals surface area contributed by atoms with E-state index >= 15 is 0 Å². The molecule has 25 heavy (non-hydrogen) atoms. The van der Waals surface area contributed by atoms with E-state index in [9.17, 15) is 5.11 Å². The minimum atomic E-state index is -1.20. The van der Waals surface area contributed by atoms with Crippen LogP contribution in [0.25, 0.3) is 0 Å². The Morgan fingerprint density at radius 1 is 0.840 bits per heavy atom. The van der Waals surface area contributed by atoms with E-state index < -0.39 is 5.60 Å². The van der Waals surface area contributed by atoms with Crippen molar-refractivity contribution in [3.63, 3.8) is 0 Å². The molecule has 1 aromatic heterocycles. The zero-order valence-electron chi connectivity index (χ0n) is 13.5. The van der Waals surface area contributed by atoms with Gasteiger partial charge in [0.15, 0.2) is 0 Å². The van der Waals surface area contributed by atoms with E-state index in [1.807, 2.05) is 42.5 Å². The van der Waals surface area contributed by atoms with Crippen LogP contribution in [0.15, 0.2) is 72.9 Å². The molecule has 128 valence electrons. The standard InChI is InChI=1S/C20H18Cl2N2O/c21-17-8-4-15(5-9-17)20(25,16-6-10-18(22)11-7-16)14-23-13-19-3-1-2-12-24-19/h1-12,23,25H,13-14H2. The molecule has 0 saturated heterocycles. The SMILES string of the molecule is OC(CNCc1ccccn1)(c1ccc(Cl)cc1)c1ccc(Cl)cc1. The predicted octanol–water partition coefficient (Wildman–Crippen LogP) is 4.41. The van der Waals surface area contributed by atoms with Gasteiger partial charge in [0.2, 0.25) is 0 Å². The van der Waals surface area contributed by atoms with Crippen molar-refractivity contribution >= 4 is 23.2 Å². The Morgan fingerprint density at radius 3 is 1.88 bits per heavy atom. The lowest BCUT2D eigenvalue weighted by atomic mass is 9.86. The highest BCUT2D eigenvalue weighted by Gasteiger charge is 2.31. The molecule has 0 aliphatic heterocycles. The van der Waals surface area contributed by atoms with E-state index in [2.05, 4.69) is 10.3 Å². The molecule has 0 aliphatic carbocycles. The first-order valence-electron chi connectivity index (χ1n) is 7.93. The molecule has 0 fully saturated rings. The Bertz CT molecular complexity index is 760. The lowest BCUT2D eigenvalue weighted by molar-refractivity contribution is 0.0795. The molecule has 0 saturated carbocycles. The number of aliphatic hydroxyl groups is 1. The van der Waals surface area contributed by atoms with Gasteiger partial charge in [0, 0.05) is 29.3 Å². The lowest BCUT2D eigenvalue weighted by Crippen LogP contribution is -2.39. The van der Waals surface area contributed by atoms with Crippen molar-refractivity contribution in [3.8, 4) is 0 Å². The Morgan fingerprint density at radius 2 is 1.40 bits per heavy atom. The van der Waals surface area contributed by atoms with Crippen LogP contribution in [-0.2, 0) is 12.1 Å². The number of hydrogen-bond acceptors (Lipinski definition) is 3. The molecule has 3 aromatic rings. The largest absolute Gasteiger partial charge is 0.379 e. The van der Waals surface area contributed by atoms with Crippen molar-refractivity contribution < 1.29 is 5.11 Å². The summed E-state index contributed by atoms with van der Waals surface area (Å²) in [6.45, 7) is 0.886. The molecule has 1 heterocycles. The van der Waals surface area contributed by atoms with E-state index in [-0.39, 0.29) is 0 Å². The highest BCUT2D eigenvalue weighted by Crippen LogP contribution is 2.31. The van der Waals surface area contributed by atoms with Crippen LogP contribution in [0, 0.1) is 0 Å². The third-order valence-electron chi connectivity index (χ3n) is 4.06. The second-order valence-corrected chi connectivity index (χ2v) is 6.67. The first-order valence-corrected chi connectivity index (χ1v) is 8.68. The lowest BCUT2D eigenvalue weighted by Gasteiger charge is -2.30. The molecule has 3 rings (SSSR count). The topological polar surface area (TPSA) is 45.1 Å². The van der Waals surface area contributed by atoms with Crippen LogP contribution < -0.4 is 5.32 Å².